The van der Waals surface area contributed by atoms with Crippen LogP contribution in [0.3, 0.4) is 0 Å². The molecule has 5 aromatic carbocycles. The number of hydrogen-bond donors (Lipinski definition) is 0. The molecule has 0 bridgehead atoms. The summed E-state index contributed by atoms with van der Waals surface area (Å²) in [5, 5.41) is 0. The molecular formula is C50H52O12. The Morgan fingerprint density at radius 3 is 1.73 bits per heavy atom. The molecule has 0 amide bonds. The lowest BCUT2D eigenvalue weighted by molar-refractivity contribution is -0.238. The van der Waals surface area contributed by atoms with Gasteiger partial charge in [-0.1, -0.05) is 140 Å². The molecule has 324 valence electrons. The van der Waals surface area contributed by atoms with Crippen LogP contribution in [0.25, 0.3) is 0 Å². The largest absolute Gasteiger partial charge is 0.454 e. The molecule has 3 fully saturated rings. The third-order valence-corrected chi connectivity index (χ3v) is 10.9. The quantitative estimate of drug-likeness (QED) is 0.0771. The second-order valence-electron chi connectivity index (χ2n) is 15.9. The molecule has 12 nitrogen and oxygen atoms in total. The molecule has 3 saturated heterocycles. The lowest BCUT2D eigenvalue weighted by Crippen LogP contribution is -2.48. The van der Waals surface area contributed by atoms with E-state index in [1.165, 1.54) is 0 Å². The first kappa shape index (κ1) is 43.4. The van der Waals surface area contributed by atoms with Crippen LogP contribution in [0.5, 0.6) is 0 Å². The van der Waals surface area contributed by atoms with Crippen molar-refractivity contribution in [2.45, 2.75) is 101 Å². The average Bonchev–Trinajstić information content (AvgIpc) is 3.95. The van der Waals surface area contributed by atoms with Gasteiger partial charge in [-0.05, 0) is 48.2 Å². The van der Waals surface area contributed by atoms with Crippen molar-refractivity contribution in [2.75, 3.05) is 13.2 Å². The van der Waals surface area contributed by atoms with Crippen LogP contribution in [0.2, 0.25) is 0 Å². The molecule has 8 rings (SSSR count). The number of carbonyl (C=O) groups is 2. The van der Waals surface area contributed by atoms with Crippen LogP contribution in [-0.2, 0) is 78.6 Å². The molecule has 0 spiro atoms. The Balaban J connectivity index is 1.14. The SMILES string of the molecule is CC1(C)OC[C@H]([C@@H]2OC(=O)[C@H](OC(=O)c3ccccc3)[C@H]2O[C@H]2O[C@@H]([C@@H](COCc3ccccc3)OCc3ccccc3)[C@H](OCc3ccccc3)[C@H]2OCc2ccccc2)O1. The van der Waals surface area contributed by atoms with E-state index in [1.54, 1.807) is 44.2 Å². The summed E-state index contributed by atoms with van der Waals surface area (Å²) in [6, 6.07) is 47.7. The Morgan fingerprint density at radius 2 is 1.18 bits per heavy atom. The standard InChI is InChI=1S/C50H52O12/c1-50(2)57-33-40(62-50)42-44(45(48(52)58-42)59-47(51)38-26-16-7-17-27-38)61-49-46(56-31-37-24-14-6-15-25-37)43(55-30-36-22-12-5-13-23-36)41(60-49)39(54-29-35-20-10-4-11-21-35)32-53-28-34-18-8-3-9-19-34/h3-27,39-46,49H,28-33H2,1-2H3/t39-,40-,41+,42+,43+,44+,45-,46-,49-/m1/s1. The van der Waals surface area contributed by atoms with Crippen LogP contribution in [-0.4, -0.2) is 86.1 Å². The maximum atomic E-state index is 13.8. The van der Waals surface area contributed by atoms with Crippen molar-refractivity contribution in [3.05, 3.63) is 179 Å². The lowest BCUT2D eigenvalue weighted by Gasteiger charge is -2.30. The molecule has 62 heavy (non-hydrogen) atoms. The summed E-state index contributed by atoms with van der Waals surface area (Å²) in [7, 11) is 0. The van der Waals surface area contributed by atoms with Crippen molar-refractivity contribution in [1.29, 1.82) is 0 Å². The third-order valence-electron chi connectivity index (χ3n) is 10.9. The number of rotatable bonds is 19. The fourth-order valence-corrected chi connectivity index (χ4v) is 7.76. The van der Waals surface area contributed by atoms with E-state index in [1.807, 2.05) is 121 Å². The average molecular weight is 845 g/mol. The number of benzene rings is 5. The van der Waals surface area contributed by atoms with Gasteiger partial charge in [-0.15, -0.1) is 0 Å². The van der Waals surface area contributed by atoms with Gasteiger partial charge < -0.3 is 47.4 Å². The van der Waals surface area contributed by atoms with Gasteiger partial charge in [-0.25, -0.2) is 9.59 Å². The first-order chi connectivity index (χ1) is 30.3. The van der Waals surface area contributed by atoms with E-state index in [0.29, 0.717) is 6.61 Å². The van der Waals surface area contributed by atoms with Crippen molar-refractivity contribution in [3.8, 4) is 0 Å². The van der Waals surface area contributed by atoms with E-state index in [4.69, 9.17) is 47.4 Å². The minimum Gasteiger partial charge on any atom is -0.454 e. The molecule has 0 aliphatic carbocycles. The van der Waals surface area contributed by atoms with Gasteiger partial charge in [0.25, 0.3) is 0 Å². The zero-order valence-corrected chi connectivity index (χ0v) is 34.8. The highest BCUT2D eigenvalue weighted by Gasteiger charge is 2.59. The minimum atomic E-state index is -1.49. The fourth-order valence-electron chi connectivity index (χ4n) is 7.76. The molecule has 5 aromatic rings. The van der Waals surface area contributed by atoms with Crippen molar-refractivity contribution < 1.29 is 57.0 Å². The topological polar surface area (TPSA) is 126 Å². The highest BCUT2D eigenvalue weighted by molar-refractivity contribution is 5.92. The molecule has 9 atom stereocenters. The Hall–Kier alpha value is -5.28. The molecular weight excluding hydrogens is 793 g/mol. The first-order valence-electron chi connectivity index (χ1n) is 21.0. The predicted octanol–water partition coefficient (Wildman–Crippen LogP) is 7.37. The third kappa shape index (κ3) is 11.2. The van der Waals surface area contributed by atoms with Crippen LogP contribution in [0.1, 0.15) is 46.5 Å². The highest BCUT2D eigenvalue weighted by Crippen LogP contribution is 2.38. The van der Waals surface area contributed by atoms with Gasteiger partial charge in [0.1, 0.15) is 36.6 Å². The first-order valence-corrected chi connectivity index (χ1v) is 21.0. The van der Waals surface area contributed by atoms with Gasteiger partial charge in [0.05, 0.1) is 45.2 Å². The van der Waals surface area contributed by atoms with Gasteiger partial charge in [-0.3, -0.25) is 0 Å². The summed E-state index contributed by atoms with van der Waals surface area (Å²) in [5.41, 5.74) is 4.06. The van der Waals surface area contributed by atoms with Gasteiger partial charge in [-0.2, -0.15) is 0 Å². The highest BCUT2D eigenvalue weighted by atomic mass is 16.8. The Morgan fingerprint density at radius 1 is 0.661 bits per heavy atom. The van der Waals surface area contributed by atoms with Crippen molar-refractivity contribution in [3.63, 3.8) is 0 Å². The maximum absolute atomic E-state index is 13.8. The number of cyclic esters (lactones) is 1. The van der Waals surface area contributed by atoms with Crippen LogP contribution < -0.4 is 0 Å². The van der Waals surface area contributed by atoms with Gasteiger partial charge in [0, 0.05) is 0 Å². The molecule has 3 heterocycles. The predicted molar refractivity (Wildman–Crippen MR) is 225 cm³/mol. The van der Waals surface area contributed by atoms with Crippen LogP contribution in [0.15, 0.2) is 152 Å². The summed E-state index contributed by atoms with van der Waals surface area (Å²) in [6.45, 7) is 4.75. The van der Waals surface area contributed by atoms with Crippen molar-refractivity contribution >= 4 is 11.9 Å². The number of ether oxygens (including phenoxy) is 10. The van der Waals surface area contributed by atoms with Gasteiger partial charge >= 0.3 is 11.9 Å². The van der Waals surface area contributed by atoms with E-state index in [2.05, 4.69) is 0 Å². The van der Waals surface area contributed by atoms with E-state index >= 15 is 0 Å². The minimum absolute atomic E-state index is 0.100. The lowest BCUT2D eigenvalue weighted by atomic mass is 10.0. The van der Waals surface area contributed by atoms with Crippen molar-refractivity contribution in [1.82, 2.24) is 0 Å². The summed E-state index contributed by atoms with van der Waals surface area (Å²) >= 11 is 0. The summed E-state index contributed by atoms with van der Waals surface area (Å²) in [6.07, 6.45) is -8.91. The summed E-state index contributed by atoms with van der Waals surface area (Å²) in [4.78, 5) is 27.3. The van der Waals surface area contributed by atoms with E-state index < -0.39 is 72.8 Å². The van der Waals surface area contributed by atoms with Gasteiger partial charge in [0.15, 0.2) is 18.2 Å². The smallest absolute Gasteiger partial charge is 0.350 e. The molecule has 12 heteroatoms. The van der Waals surface area contributed by atoms with E-state index in [-0.39, 0.29) is 38.6 Å². The molecule has 0 N–H and O–H groups in total. The molecule has 0 radical (unpaired) electrons. The fraction of sp³-hybridized carbons (Fsp3) is 0.360. The molecule has 3 aliphatic heterocycles. The monoisotopic (exact) mass is 844 g/mol. The second kappa shape index (κ2) is 20.7. The Labute approximate surface area is 361 Å². The number of carbonyl (C=O) groups excluding carboxylic acids is 2. The number of hydrogen-bond acceptors (Lipinski definition) is 12. The van der Waals surface area contributed by atoms with E-state index in [0.717, 1.165) is 22.3 Å². The van der Waals surface area contributed by atoms with Crippen LogP contribution in [0.4, 0.5) is 0 Å². The normalized spacial score (nSPS) is 25.9. The Bertz CT molecular complexity index is 2140. The zero-order valence-electron chi connectivity index (χ0n) is 34.8. The zero-order chi connectivity index (χ0) is 42.7. The molecule has 0 aromatic heterocycles. The van der Waals surface area contributed by atoms with E-state index in [9.17, 15) is 9.59 Å². The summed E-state index contributed by atoms with van der Waals surface area (Å²) in [5.74, 6) is -2.47. The summed E-state index contributed by atoms with van der Waals surface area (Å²) < 4.78 is 64.5. The Kier molecular flexibility index (Phi) is 14.5. The molecule has 0 saturated carbocycles. The van der Waals surface area contributed by atoms with Crippen molar-refractivity contribution in [2.24, 2.45) is 0 Å². The molecule has 3 aliphatic rings. The van der Waals surface area contributed by atoms with Crippen LogP contribution in [0, 0.1) is 0 Å². The second-order valence-corrected chi connectivity index (χ2v) is 15.9. The van der Waals surface area contributed by atoms with Crippen LogP contribution >= 0.6 is 0 Å². The van der Waals surface area contributed by atoms with Gasteiger partial charge in [0.2, 0.25) is 6.10 Å². The maximum Gasteiger partial charge on any atom is 0.350 e. The molecule has 0 unspecified atom stereocenters. The number of esters is 2.